The highest BCUT2D eigenvalue weighted by atomic mass is 16.5. The normalized spacial score (nSPS) is 13.9. The lowest BCUT2D eigenvalue weighted by molar-refractivity contribution is -0.123. The zero-order valence-electron chi connectivity index (χ0n) is 19.2. The van der Waals surface area contributed by atoms with Crippen LogP contribution >= 0.6 is 0 Å². The summed E-state index contributed by atoms with van der Waals surface area (Å²) in [6, 6.07) is 25.2. The van der Waals surface area contributed by atoms with E-state index in [2.05, 4.69) is 45.4 Å². The molecule has 0 unspecified atom stereocenters. The Morgan fingerprint density at radius 2 is 1.56 bits per heavy atom. The lowest BCUT2D eigenvalue weighted by atomic mass is 10.1. The Hall–Kier alpha value is -3.84. The van der Waals surface area contributed by atoms with E-state index in [1.54, 1.807) is 18.2 Å². The third-order valence-corrected chi connectivity index (χ3v) is 5.97. The van der Waals surface area contributed by atoms with Crippen molar-refractivity contribution in [2.75, 3.05) is 37.7 Å². The van der Waals surface area contributed by atoms with Gasteiger partial charge < -0.3 is 20.7 Å². The van der Waals surface area contributed by atoms with E-state index in [4.69, 9.17) is 10.5 Å². The average molecular weight is 459 g/mol. The maximum absolute atomic E-state index is 12.3. The Bertz CT molecular complexity index is 1110. The second-order valence-corrected chi connectivity index (χ2v) is 8.32. The Balaban J connectivity index is 1.26. The minimum absolute atomic E-state index is 0.133. The van der Waals surface area contributed by atoms with Gasteiger partial charge >= 0.3 is 0 Å². The molecule has 0 saturated carbocycles. The van der Waals surface area contributed by atoms with E-state index in [0.29, 0.717) is 17.9 Å². The number of ether oxygens (including phenoxy) is 1. The Kier molecular flexibility index (Phi) is 7.78. The van der Waals surface area contributed by atoms with Crippen LogP contribution in [0.5, 0.6) is 5.75 Å². The van der Waals surface area contributed by atoms with Crippen molar-refractivity contribution in [1.82, 2.24) is 10.2 Å². The third kappa shape index (κ3) is 6.36. The van der Waals surface area contributed by atoms with Crippen molar-refractivity contribution in [2.24, 2.45) is 5.73 Å². The van der Waals surface area contributed by atoms with E-state index in [1.165, 1.54) is 17.3 Å². The summed E-state index contributed by atoms with van der Waals surface area (Å²) in [6.07, 6.45) is 0. The fourth-order valence-electron chi connectivity index (χ4n) is 4.06. The average Bonchev–Trinajstić information content (AvgIpc) is 2.88. The van der Waals surface area contributed by atoms with Gasteiger partial charge in [-0.3, -0.25) is 14.5 Å². The van der Waals surface area contributed by atoms with Crippen LogP contribution in [0.2, 0.25) is 0 Å². The van der Waals surface area contributed by atoms with Crippen LogP contribution in [0.4, 0.5) is 5.69 Å². The van der Waals surface area contributed by atoms with Crippen LogP contribution in [-0.2, 0) is 17.9 Å². The molecule has 1 aliphatic rings. The van der Waals surface area contributed by atoms with Crippen molar-refractivity contribution in [1.29, 1.82) is 0 Å². The number of benzene rings is 3. The largest absolute Gasteiger partial charge is 0.484 e. The van der Waals surface area contributed by atoms with E-state index in [-0.39, 0.29) is 12.5 Å². The van der Waals surface area contributed by atoms with Crippen LogP contribution < -0.4 is 20.7 Å². The maximum Gasteiger partial charge on any atom is 0.258 e. The van der Waals surface area contributed by atoms with Gasteiger partial charge in [0.15, 0.2) is 6.61 Å². The molecule has 2 amide bonds. The van der Waals surface area contributed by atoms with Crippen LogP contribution in [0.3, 0.4) is 0 Å². The molecule has 3 aromatic rings. The Labute approximate surface area is 200 Å². The molecule has 1 aliphatic heterocycles. The van der Waals surface area contributed by atoms with Crippen LogP contribution in [0, 0.1) is 0 Å². The van der Waals surface area contributed by atoms with Crippen molar-refractivity contribution in [3.63, 3.8) is 0 Å². The predicted molar refractivity (Wildman–Crippen MR) is 133 cm³/mol. The number of hydrogen-bond acceptors (Lipinski definition) is 5. The minimum atomic E-state index is -0.534. The molecule has 0 bridgehead atoms. The number of para-hydroxylation sites is 1. The molecule has 1 saturated heterocycles. The molecule has 3 aromatic carbocycles. The van der Waals surface area contributed by atoms with Crippen molar-refractivity contribution in [3.8, 4) is 5.75 Å². The maximum atomic E-state index is 12.3. The van der Waals surface area contributed by atoms with E-state index in [1.807, 2.05) is 24.3 Å². The van der Waals surface area contributed by atoms with Gasteiger partial charge in [-0.05, 0) is 41.5 Å². The molecule has 0 spiro atoms. The number of nitrogens with one attached hydrogen (secondary N) is 1. The Morgan fingerprint density at radius 3 is 2.29 bits per heavy atom. The highest BCUT2D eigenvalue weighted by Crippen LogP contribution is 2.18. The number of primary amides is 1. The molecule has 176 valence electrons. The number of nitrogens with two attached hydrogens (primary N) is 1. The molecule has 4 rings (SSSR count). The van der Waals surface area contributed by atoms with Crippen molar-refractivity contribution in [2.45, 2.75) is 13.1 Å². The first-order chi connectivity index (χ1) is 16.6. The first-order valence-corrected chi connectivity index (χ1v) is 11.5. The number of piperazine rings is 1. The molecule has 7 heteroatoms. The van der Waals surface area contributed by atoms with Gasteiger partial charge in [-0.2, -0.15) is 0 Å². The highest BCUT2D eigenvalue weighted by Gasteiger charge is 2.18. The fraction of sp³-hybridized carbons (Fsp3) is 0.259. The summed E-state index contributed by atoms with van der Waals surface area (Å²) in [5.74, 6) is -0.328. The minimum Gasteiger partial charge on any atom is -0.484 e. The van der Waals surface area contributed by atoms with Gasteiger partial charge in [-0.1, -0.05) is 48.5 Å². The van der Waals surface area contributed by atoms with Crippen molar-refractivity contribution >= 4 is 17.5 Å². The summed E-state index contributed by atoms with van der Waals surface area (Å²) in [5.41, 5.74) is 9.21. The zero-order valence-corrected chi connectivity index (χ0v) is 19.2. The van der Waals surface area contributed by atoms with Crippen molar-refractivity contribution in [3.05, 3.63) is 95.6 Å². The first-order valence-electron chi connectivity index (χ1n) is 11.5. The molecule has 34 heavy (non-hydrogen) atoms. The number of rotatable bonds is 9. The monoisotopic (exact) mass is 458 g/mol. The van der Waals surface area contributed by atoms with Gasteiger partial charge in [0.1, 0.15) is 5.75 Å². The van der Waals surface area contributed by atoms with Crippen LogP contribution in [0.25, 0.3) is 0 Å². The number of carbonyl (C=O) groups is 2. The molecule has 7 nitrogen and oxygen atoms in total. The molecule has 0 atom stereocenters. The van der Waals surface area contributed by atoms with Gasteiger partial charge in [0.05, 0.1) is 0 Å². The molecule has 1 heterocycles. The number of anilines is 1. The van der Waals surface area contributed by atoms with Gasteiger partial charge in [-0.25, -0.2) is 0 Å². The highest BCUT2D eigenvalue weighted by molar-refractivity contribution is 5.93. The van der Waals surface area contributed by atoms with Crippen LogP contribution in [0.15, 0.2) is 78.9 Å². The summed E-state index contributed by atoms with van der Waals surface area (Å²) in [4.78, 5) is 28.5. The predicted octanol–water partition coefficient (Wildman–Crippen LogP) is 2.80. The second-order valence-electron chi connectivity index (χ2n) is 8.32. The molecular weight excluding hydrogens is 428 g/mol. The van der Waals surface area contributed by atoms with E-state index in [9.17, 15) is 9.59 Å². The zero-order chi connectivity index (χ0) is 23.8. The fourth-order valence-corrected chi connectivity index (χ4v) is 4.06. The van der Waals surface area contributed by atoms with Crippen LogP contribution in [-0.4, -0.2) is 49.5 Å². The SMILES string of the molecule is NC(=O)c1cccc(OCC(=O)NCc2ccccc2CN2CCN(c3ccccc3)CC2)c1. The molecular formula is C27H30N4O3. The topological polar surface area (TPSA) is 87.9 Å². The summed E-state index contributed by atoms with van der Waals surface area (Å²) in [6.45, 7) is 5.14. The quantitative estimate of drug-likeness (QED) is 0.515. The van der Waals surface area contributed by atoms with Gasteiger partial charge in [0.25, 0.3) is 5.91 Å². The van der Waals surface area contributed by atoms with Crippen LogP contribution in [0.1, 0.15) is 21.5 Å². The third-order valence-electron chi connectivity index (χ3n) is 5.97. The summed E-state index contributed by atoms with van der Waals surface area (Å²) in [7, 11) is 0. The molecule has 1 fully saturated rings. The number of amides is 2. The second kappa shape index (κ2) is 11.3. The van der Waals surface area contributed by atoms with E-state index in [0.717, 1.165) is 38.3 Å². The van der Waals surface area contributed by atoms with Crippen molar-refractivity contribution < 1.29 is 14.3 Å². The number of nitrogens with zero attached hydrogens (tertiary/aromatic N) is 2. The lowest BCUT2D eigenvalue weighted by Gasteiger charge is -2.36. The summed E-state index contributed by atoms with van der Waals surface area (Å²) in [5, 5.41) is 2.93. The summed E-state index contributed by atoms with van der Waals surface area (Å²) < 4.78 is 5.51. The standard InChI is InChI=1S/C27H30N4O3/c28-27(33)21-9-6-12-25(17-21)34-20-26(32)29-18-22-7-4-5-8-23(22)19-30-13-15-31(16-14-30)24-10-2-1-3-11-24/h1-12,17H,13-16,18-20H2,(H2,28,33)(H,29,32). The molecule has 0 radical (unpaired) electrons. The first kappa shape index (κ1) is 23.3. The van der Waals surface area contributed by atoms with E-state index >= 15 is 0 Å². The summed E-state index contributed by atoms with van der Waals surface area (Å²) >= 11 is 0. The molecule has 0 aromatic heterocycles. The Morgan fingerprint density at radius 1 is 0.853 bits per heavy atom. The smallest absolute Gasteiger partial charge is 0.258 e. The molecule has 3 N–H and O–H groups in total. The lowest BCUT2D eigenvalue weighted by Crippen LogP contribution is -2.46. The van der Waals surface area contributed by atoms with Gasteiger partial charge in [0, 0.05) is 50.5 Å². The van der Waals surface area contributed by atoms with Gasteiger partial charge in [0.2, 0.25) is 5.91 Å². The molecule has 0 aliphatic carbocycles. The number of carbonyl (C=O) groups excluding carboxylic acids is 2. The number of hydrogen-bond donors (Lipinski definition) is 2. The van der Waals surface area contributed by atoms with E-state index < -0.39 is 5.91 Å². The van der Waals surface area contributed by atoms with Gasteiger partial charge in [-0.15, -0.1) is 0 Å².